The minimum atomic E-state index is -3.34. The molecule has 1 aromatic carbocycles. The zero-order valence-corrected chi connectivity index (χ0v) is 15.3. The van der Waals surface area contributed by atoms with Gasteiger partial charge in [0.25, 0.3) is 10.0 Å². The van der Waals surface area contributed by atoms with E-state index in [2.05, 4.69) is 21.4 Å². The number of nitrogens with zero attached hydrogens (tertiary/aromatic N) is 2. The van der Waals surface area contributed by atoms with Gasteiger partial charge in [-0.2, -0.15) is 0 Å². The second-order valence-corrected chi connectivity index (χ2v) is 8.83. The summed E-state index contributed by atoms with van der Waals surface area (Å²) in [6, 6.07) is 8.50. The number of amidine groups is 1. The monoisotopic (exact) mass is 364 g/mol. The SMILES string of the molecule is COCCOc1ccc(C23CCC(CC2)N2CCS(=O)(=O)N=C23)cc1. The number of methoxy groups -OCH3 is 1. The second kappa shape index (κ2) is 6.29. The Labute approximate surface area is 148 Å². The highest BCUT2D eigenvalue weighted by Crippen LogP contribution is 2.49. The van der Waals surface area contributed by atoms with E-state index in [1.165, 1.54) is 0 Å². The van der Waals surface area contributed by atoms with Crippen LogP contribution in [0.4, 0.5) is 0 Å². The average Bonchev–Trinajstić information content (AvgIpc) is 2.62. The molecule has 1 aliphatic carbocycles. The van der Waals surface area contributed by atoms with E-state index >= 15 is 0 Å². The maximum Gasteiger partial charge on any atom is 0.256 e. The number of ether oxygens (including phenoxy) is 2. The van der Waals surface area contributed by atoms with Crippen LogP contribution >= 0.6 is 0 Å². The first-order valence-corrected chi connectivity index (χ1v) is 10.5. The van der Waals surface area contributed by atoms with E-state index in [4.69, 9.17) is 9.47 Å². The summed E-state index contributed by atoms with van der Waals surface area (Å²) in [6.07, 6.45) is 4.13. The van der Waals surface area contributed by atoms with E-state index in [0.717, 1.165) is 42.8 Å². The van der Waals surface area contributed by atoms with E-state index in [9.17, 15) is 8.42 Å². The lowest BCUT2D eigenvalue weighted by Gasteiger charge is -2.55. The normalized spacial score (nSPS) is 29.9. The maximum absolute atomic E-state index is 12.1. The van der Waals surface area contributed by atoms with Gasteiger partial charge in [0, 0.05) is 19.7 Å². The van der Waals surface area contributed by atoms with Crippen LogP contribution in [0.2, 0.25) is 0 Å². The van der Waals surface area contributed by atoms with Crippen molar-refractivity contribution < 1.29 is 17.9 Å². The molecule has 3 aliphatic heterocycles. The molecule has 25 heavy (non-hydrogen) atoms. The predicted octanol–water partition coefficient (Wildman–Crippen LogP) is 1.95. The van der Waals surface area contributed by atoms with Crippen molar-refractivity contribution in [1.82, 2.24) is 4.90 Å². The van der Waals surface area contributed by atoms with Gasteiger partial charge in [-0.25, -0.2) is 8.42 Å². The van der Waals surface area contributed by atoms with Crippen LogP contribution < -0.4 is 4.74 Å². The fourth-order valence-corrected chi connectivity index (χ4v) is 5.49. The molecule has 1 saturated carbocycles. The van der Waals surface area contributed by atoms with Gasteiger partial charge in [0.1, 0.15) is 18.2 Å². The first-order chi connectivity index (χ1) is 12.0. The maximum atomic E-state index is 12.1. The van der Waals surface area contributed by atoms with Crippen molar-refractivity contribution in [3.05, 3.63) is 29.8 Å². The third-order valence-corrected chi connectivity index (χ3v) is 6.88. The molecule has 0 amide bonds. The Morgan fingerprint density at radius 2 is 1.92 bits per heavy atom. The Kier molecular flexibility index (Phi) is 4.24. The second-order valence-electron chi connectivity index (χ2n) is 7.07. The first-order valence-electron chi connectivity index (χ1n) is 8.86. The summed E-state index contributed by atoms with van der Waals surface area (Å²) >= 11 is 0. The van der Waals surface area contributed by atoms with Gasteiger partial charge in [0.05, 0.1) is 17.8 Å². The Bertz CT molecular complexity index is 765. The Morgan fingerprint density at radius 1 is 1.20 bits per heavy atom. The zero-order chi connectivity index (χ0) is 17.5. The van der Waals surface area contributed by atoms with Crippen molar-refractivity contribution in [2.45, 2.75) is 37.1 Å². The molecule has 3 fully saturated rings. The quantitative estimate of drug-likeness (QED) is 0.747. The molecule has 0 unspecified atom stereocenters. The summed E-state index contributed by atoms with van der Waals surface area (Å²) in [4.78, 5) is 2.25. The molecule has 7 heteroatoms. The van der Waals surface area contributed by atoms with Gasteiger partial charge >= 0.3 is 0 Å². The van der Waals surface area contributed by atoms with Gasteiger partial charge in [-0.15, -0.1) is 4.40 Å². The van der Waals surface area contributed by atoms with Crippen LogP contribution in [0.15, 0.2) is 28.7 Å². The number of rotatable bonds is 5. The van der Waals surface area contributed by atoms with Crippen molar-refractivity contribution in [2.24, 2.45) is 4.40 Å². The fraction of sp³-hybridized carbons (Fsp3) is 0.611. The van der Waals surface area contributed by atoms with Crippen molar-refractivity contribution in [1.29, 1.82) is 0 Å². The van der Waals surface area contributed by atoms with E-state index in [1.54, 1.807) is 7.11 Å². The lowest BCUT2D eigenvalue weighted by molar-refractivity contribution is 0.146. The van der Waals surface area contributed by atoms with Crippen LogP contribution in [0, 0.1) is 0 Å². The summed E-state index contributed by atoms with van der Waals surface area (Å²) in [5, 5.41) is 0. The molecular formula is C18H24N2O4S. The number of fused-ring (bicyclic) bond motifs is 2. The van der Waals surface area contributed by atoms with E-state index < -0.39 is 10.0 Å². The molecule has 4 aliphatic rings. The molecule has 0 atom stereocenters. The Hall–Kier alpha value is -1.60. The standard InChI is InChI=1S/C18H24N2O4S/c1-23-11-12-24-16-4-2-14(3-5-16)18-8-6-15(7-9-18)20-10-13-25(21,22)19-17(18)20/h2-5,15H,6-13H2,1H3. The van der Waals surface area contributed by atoms with Crippen LogP contribution in [-0.2, 0) is 20.2 Å². The summed E-state index contributed by atoms with van der Waals surface area (Å²) < 4.78 is 39.1. The van der Waals surface area contributed by atoms with Gasteiger partial charge in [-0.1, -0.05) is 12.1 Å². The number of hydrogen-bond acceptors (Lipinski definition) is 5. The summed E-state index contributed by atoms with van der Waals surface area (Å²) in [5.74, 6) is 1.71. The van der Waals surface area contributed by atoms with Gasteiger partial charge in [0.2, 0.25) is 0 Å². The third kappa shape index (κ3) is 2.93. The van der Waals surface area contributed by atoms with Crippen molar-refractivity contribution in [3.63, 3.8) is 0 Å². The third-order valence-electron chi connectivity index (χ3n) is 5.73. The molecule has 1 aromatic rings. The molecule has 0 spiro atoms. The molecule has 0 N–H and O–H groups in total. The van der Waals surface area contributed by atoms with E-state index in [-0.39, 0.29) is 11.2 Å². The Morgan fingerprint density at radius 3 is 2.60 bits per heavy atom. The Balaban J connectivity index is 1.66. The fourth-order valence-electron chi connectivity index (χ4n) is 4.43. The highest BCUT2D eigenvalue weighted by atomic mass is 32.2. The summed E-state index contributed by atoms with van der Waals surface area (Å²) in [5.41, 5.74) is 0.874. The zero-order valence-electron chi connectivity index (χ0n) is 14.5. The number of sulfonamides is 1. The molecule has 0 aromatic heterocycles. The highest BCUT2D eigenvalue weighted by molar-refractivity contribution is 7.90. The van der Waals surface area contributed by atoms with Gasteiger partial charge < -0.3 is 14.4 Å². The van der Waals surface area contributed by atoms with Crippen LogP contribution in [0.25, 0.3) is 0 Å². The minimum absolute atomic E-state index is 0.134. The molecule has 0 radical (unpaired) electrons. The highest BCUT2D eigenvalue weighted by Gasteiger charge is 2.52. The van der Waals surface area contributed by atoms with Crippen LogP contribution in [0.3, 0.4) is 0 Å². The number of piperidine rings is 2. The molecule has 5 rings (SSSR count). The molecular weight excluding hydrogens is 340 g/mol. The first kappa shape index (κ1) is 16.8. The summed E-state index contributed by atoms with van der Waals surface area (Å²) in [6.45, 7) is 1.64. The van der Waals surface area contributed by atoms with Crippen LogP contribution in [0.1, 0.15) is 31.2 Å². The summed E-state index contributed by atoms with van der Waals surface area (Å²) in [7, 11) is -1.69. The lowest BCUT2D eigenvalue weighted by Crippen LogP contribution is -2.62. The molecule has 2 saturated heterocycles. The number of hydrogen-bond donors (Lipinski definition) is 0. The average molecular weight is 364 g/mol. The minimum Gasteiger partial charge on any atom is -0.491 e. The predicted molar refractivity (Wildman–Crippen MR) is 95.7 cm³/mol. The smallest absolute Gasteiger partial charge is 0.256 e. The van der Waals surface area contributed by atoms with Gasteiger partial charge in [-0.3, -0.25) is 0 Å². The van der Waals surface area contributed by atoms with Crippen molar-refractivity contribution >= 4 is 15.9 Å². The largest absolute Gasteiger partial charge is 0.491 e. The topological polar surface area (TPSA) is 68.2 Å². The molecule has 6 nitrogen and oxygen atoms in total. The van der Waals surface area contributed by atoms with Crippen LogP contribution in [-0.4, -0.2) is 57.8 Å². The van der Waals surface area contributed by atoms with Crippen LogP contribution in [0.5, 0.6) is 5.75 Å². The van der Waals surface area contributed by atoms with Gasteiger partial charge in [0.15, 0.2) is 0 Å². The number of benzene rings is 1. The molecule has 2 bridgehead atoms. The van der Waals surface area contributed by atoms with E-state index in [1.807, 2.05) is 12.1 Å². The van der Waals surface area contributed by atoms with Crippen molar-refractivity contribution in [2.75, 3.05) is 32.6 Å². The van der Waals surface area contributed by atoms with Crippen molar-refractivity contribution in [3.8, 4) is 5.75 Å². The lowest BCUT2D eigenvalue weighted by atomic mass is 9.63. The molecule has 3 heterocycles. The molecule has 136 valence electrons. The van der Waals surface area contributed by atoms with E-state index in [0.29, 0.717) is 25.8 Å². The van der Waals surface area contributed by atoms with Gasteiger partial charge in [-0.05, 0) is 43.4 Å².